The number of hydrogen-bond acceptors (Lipinski definition) is 4. The van der Waals surface area contributed by atoms with E-state index in [-0.39, 0.29) is 54.3 Å². The molecule has 1 aromatic rings. The number of aliphatic imine (C=N–C) groups is 1. The standard InChI is InChI=1S/C17H25FN4O3.HI/c1-19-16(21-11-17(6-8-23)7-9-25-12-17)20-10-15(24)22-14-4-2-13(18)3-5-14;/h2-5,23H,6-12H2,1H3,(H,22,24)(H2,19,20,21);1H. The van der Waals surface area contributed by atoms with E-state index < -0.39 is 0 Å². The second kappa shape index (κ2) is 11.3. The molecule has 0 radical (unpaired) electrons. The van der Waals surface area contributed by atoms with E-state index in [0.29, 0.717) is 37.8 Å². The molecule has 0 aromatic heterocycles. The van der Waals surface area contributed by atoms with E-state index in [0.717, 1.165) is 6.42 Å². The first-order valence-corrected chi connectivity index (χ1v) is 8.25. The van der Waals surface area contributed by atoms with E-state index >= 15 is 0 Å². The highest BCUT2D eigenvalue weighted by Crippen LogP contribution is 2.31. The number of benzene rings is 1. The molecule has 1 heterocycles. The van der Waals surface area contributed by atoms with Crippen molar-refractivity contribution in [3.63, 3.8) is 0 Å². The van der Waals surface area contributed by atoms with Crippen LogP contribution in [0.1, 0.15) is 12.8 Å². The second-order valence-corrected chi connectivity index (χ2v) is 6.11. The third-order valence-corrected chi connectivity index (χ3v) is 4.23. The van der Waals surface area contributed by atoms with Gasteiger partial charge in [0.05, 0.1) is 13.2 Å². The molecule has 0 spiro atoms. The van der Waals surface area contributed by atoms with Gasteiger partial charge in [-0.05, 0) is 37.1 Å². The van der Waals surface area contributed by atoms with E-state index in [1.165, 1.54) is 24.3 Å². The van der Waals surface area contributed by atoms with Gasteiger partial charge in [0, 0.05) is 37.9 Å². The van der Waals surface area contributed by atoms with E-state index in [4.69, 9.17) is 4.74 Å². The summed E-state index contributed by atoms with van der Waals surface area (Å²) >= 11 is 0. The maximum Gasteiger partial charge on any atom is 0.243 e. The van der Waals surface area contributed by atoms with Crippen LogP contribution >= 0.6 is 24.0 Å². The van der Waals surface area contributed by atoms with E-state index in [1.807, 2.05) is 0 Å². The van der Waals surface area contributed by atoms with Crippen molar-refractivity contribution in [2.45, 2.75) is 12.8 Å². The fraction of sp³-hybridized carbons (Fsp3) is 0.529. The molecule has 1 saturated heterocycles. The van der Waals surface area contributed by atoms with Gasteiger partial charge in [-0.15, -0.1) is 24.0 Å². The lowest BCUT2D eigenvalue weighted by atomic mass is 9.84. The Morgan fingerprint density at radius 2 is 2.08 bits per heavy atom. The number of amides is 1. The monoisotopic (exact) mass is 480 g/mol. The highest BCUT2D eigenvalue weighted by molar-refractivity contribution is 14.0. The lowest BCUT2D eigenvalue weighted by Crippen LogP contribution is -2.46. The lowest BCUT2D eigenvalue weighted by molar-refractivity contribution is -0.115. The van der Waals surface area contributed by atoms with Crippen molar-refractivity contribution in [1.29, 1.82) is 0 Å². The van der Waals surface area contributed by atoms with Crippen molar-refractivity contribution >= 4 is 41.5 Å². The molecule has 4 N–H and O–H groups in total. The number of guanidine groups is 1. The Morgan fingerprint density at radius 3 is 2.65 bits per heavy atom. The minimum absolute atomic E-state index is 0. The number of anilines is 1. The number of halogens is 2. The fourth-order valence-corrected chi connectivity index (χ4v) is 2.71. The van der Waals surface area contributed by atoms with Gasteiger partial charge in [-0.1, -0.05) is 0 Å². The Hall–Kier alpha value is -1.46. The van der Waals surface area contributed by atoms with Gasteiger partial charge in [0.2, 0.25) is 5.91 Å². The third kappa shape index (κ3) is 7.04. The summed E-state index contributed by atoms with van der Waals surface area (Å²) in [6.07, 6.45) is 1.53. The van der Waals surface area contributed by atoms with Crippen molar-refractivity contribution in [2.24, 2.45) is 10.4 Å². The quantitative estimate of drug-likeness (QED) is 0.269. The molecule has 1 atom stereocenters. The highest BCUT2D eigenvalue weighted by atomic mass is 127. The summed E-state index contributed by atoms with van der Waals surface area (Å²) in [7, 11) is 1.62. The maximum atomic E-state index is 12.8. The van der Waals surface area contributed by atoms with Gasteiger partial charge in [0.25, 0.3) is 0 Å². The smallest absolute Gasteiger partial charge is 0.243 e. The summed E-state index contributed by atoms with van der Waals surface area (Å²) in [6, 6.07) is 5.57. The van der Waals surface area contributed by atoms with Crippen LogP contribution in [0, 0.1) is 11.2 Å². The number of carbonyl (C=O) groups excluding carboxylic acids is 1. The molecule has 2 rings (SSSR count). The number of nitrogens with zero attached hydrogens (tertiary/aromatic N) is 1. The Morgan fingerprint density at radius 1 is 1.35 bits per heavy atom. The summed E-state index contributed by atoms with van der Waals surface area (Å²) in [5.41, 5.74) is 0.420. The first kappa shape index (κ1) is 22.6. The molecule has 26 heavy (non-hydrogen) atoms. The van der Waals surface area contributed by atoms with Gasteiger partial charge in [-0.2, -0.15) is 0 Å². The molecule has 9 heteroatoms. The van der Waals surface area contributed by atoms with Gasteiger partial charge < -0.3 is 25.8 Å². The minimum atomic E-state index is -0.353. The topological polar surface area (TPSA) is 95.0 Å². The van der Waals surface area contributed by atoms with Crippen LogP contribution in [0.15, 0.2) is 29.3 Å². The molecular formula is C17H26FIN4O3. The zero-order valence-electron chi connectivity index (χ0n) is 14.8. The summed E-state index contributed by atoms with van der Waals surface area (Å²) in [5, 5.41) is 18.0. The van der Waals surface area contributed by atoms with Crippen LogP contribution in [0.5, 0.6) is 0 Å². The second-order valence-electron chi connectivity index (χ2n) is 6.11. The van der Waals surface area contributed by atoms with Gasteiger partial charge in [0.15, 0.2) is 5.96 Å². The summed E-state index contributed by atoms with van der Waals surface area (Å²) < 4.78 is 18.3. The minimum Gasteiger partial charge on any atom is -0.396 e. The molecule has 7 nitrogen and oxygen atoms in total. The van der Waals surface area contributed by atoms with Crippen molar-refractivity contribution < 1.29 is 19.0 Å². The van der Waals surface area contributed by atoms with Gasteiger partial charge in [-0.25, -0.2) is 4.39 Å². The van der Waals surface area contributed by atoms with Crippen molar-refractivity contribution in [3.8, 4) is 0 Å². The van der Waals surface area contributed by atoms with Crippen molar-refractivity contribution in [2.75, 3.05) is 45.3 Å². The summed E-state index contributed by atoms with van der Waals surface area (Å²) in [4.78, 5) is 16.0. The van der Waals surface area contributed by atoms with Gasteiger partial charge in [-0.3, -0.25) is 9.79 Å². The maximum absolute atomic E-state index is 12.8. The Balaban J connectivity index is 0.00000338. The molecule has 0 aliphatic carbocycles. The number of rotatable bonds is 7. The van der Waals surface area contributed by atoms with Crippen LogP contribution in [0.3, 0.4) is 0 Å². The highest BCUT2D eigenvalue weighted by Gasteiger charge is 2.34. The van der Waals surface area contributed by atoms with E-state index in [2.05, 4.69) is 20.9 Å². The van der Waals surface area contributed by atoms with Gasteiger partial charge >= 0.3 is 0 Å². The average molecular weight is 480 g/mol. The zero-order chi connectivity index (χ0) is 18.1. The van der Waals surface area contributed by atoms with Crippen LogP contribution in [-0.4, -0.2) is 56.9 Å². The fourth-order valence-electron chi connectivity index (χ4n) is 2.71. The number of ether oxygens (including phenoxy) is 1. The largest absolute Gasteiger partial charge is 0.396 e. The van der Waals surface area contributed by atoms with Crippen molar-refractivity contribution in [1.82, 2.24) is 10.6 Å². The predicted octanol–water partition coefficient (Wildman–Crippen LogP) is 1.34. The number of nitrogens with one attached hydrogen (secondary N) is 3. The molecule has 146 valence electrons. The first-order chi connectivity index (χ1) is 12.1. The third-order valence-electron chi connectivity index (χ3n) is 4.23. The number of carbonyl (C=O) groups is 1. The van der Waals surface area contributed by atoms with E-state index in [1.54, 1.807) is 7.05 Å². The molecule has 1 aliphatic rings. The normalized spacial score (nSPS) is 19.6. The van der Waals surface area contributed by atoms with Crippen LogP contribution in [0.2, 0.25) is 0 Å². The zero-order valence-corrected chi connectivity index (χ0v) is 17.1. The molecular weight excluding hydrogens is 454 g/mol. The molecule has 1 amide bonds. The molecule has 1 aliphatic heterocycles. The number of aliphatic hydroxyl groups is 1. The molecule has 1 aromatic carbocycles. The number of hydrogen-bond donors (Lipinski definition) is 4. The van der Waals surface area contributed by atoms with Gasteiger partial charge in [0.1, 0.15) is 5.82 Å². The Kier molecular flexibility index (Phi) is 9.81. The van der Waals surface area contributed by atoms with Crippen LogP contribution in [-0.2, 0) is 9.53 Å². The number of aliphatic hydroxyl groups excluding tert-OH is 1. The molecule has 0 bridgehead atoms. The first-order valence-electron chi connectivity index (χ1n) is 8.25. The Bertz CT molecular complexity index is 592. The summed E-state index contributed by atoms with van der Waals surface area (Å²) in [6.45, 7) is 2.03. The Labute approximate surface area is 169 Å². The van der Waals surface area contributed by atoms with Crippen LogP contribution in [0.25, 0.3) is 0 Å². The SMILES string of the molecule is CN=C(NCC(=O)Nc1ccc(F)cc1)NCC1(CCO)CCOC1.I. The lowest BCUT2D eigenvalue weighted by Gasteiger charge is -2.27. The van der Waals surface area contributed by atoms with Crippen molar-refractivity contribution in [3.05, 3.63) is 30.1 Å². The van der Waals surface area contributed by atoms with Crippen LogP contribution in [0.4, 0.5) is 10.1 Å². The molecule has 1 fully saturated rings. The summed E-state index contributed by atoms with van der Waals surface area (Å²) in [5.74, 6) is -0.115. The van der Waals surface area contributed by atoms with Crippen LogP contribution < -0.4 is 16.0 Å². The average Bonchev–Trinajstić information content (AvgIpc) is 3.06. The molecule has 1 unspecified atom stereocenters. The predicted molar refractivity (Wildman–Crippen MR) is 109 cm³/mol. The molecule has 0 saturated carbocycles. The van der Waals surface area contributed by atoms with E-state index in [9.17, 15) is 14.3 Å².